The van der Waals surface area contributed by atoms with Crippen LogP contribution in [0.4, 0.5) is 0 Å². The van der Waals surface area contributed by atoms with E-state index < -0.39 is 97.5 Å². The van der Waals surface area contributed by atoms with Crippen molar-refractivity contribution >= 4 is 39.5 Å². The maximum absolute atomic E-state index is 13.1. The van der Waals surface area contributed by atoms with E-state index in [1.54, 1.807) is 0 Å². The number of esters is 4. The molecule has 0 aliphatic heterocycles. The average molecular weight is 1520 g/mol. The molecule has 19 heteroatoms. The number of aliphatic hydroxyl groups is 1. The van der Waals surface area contributed by atoms with Crippen LogP contribution in [0.2, 0.25) is 0 Å². The second kappa shape index (κ2) is 75.1. The smallest absolute Gasteiger partial charge is 0.462 e. The van der Waals surface area contributed by atoms with E-state index in [4.69, 9.17) is 37.0 Å². The fourth-order valence-corrected chi connectivity index (χ4v) is 14.7. The Morgan fingerprint density at radius 2 is 0.490 bits per heavy atom. The molecule has 0 fully saturated rings. The zero-order chi connectivity index (χ0) is 76.5. The van der Waals surface area contributed by atoms with Gasteiger partial charge in [-0.05, 0) is 43.4 Å². The molecule has 0 spiro atoms. The van der Waals surface area contributed by atoms with E-state index in [0.29, 0.717) is 25.7 Å². The monoisotopic (exact) mass is 1520 g/mol. The van der Waals surface area contributed by atoms with E-state index in [9.17, 15) is 43.2 Å². The Morgan fingerprint density at radius 3 is 0.731 bits per heavy atom. The topological polar surface area (TPSA) is 237 Å². The molecule has 4 unspecified atom stereocenters. The number of rotatable bonds is 83. The minimum Gasteiger partial charge on any atom is -0.462 e. The molecule has 0 aromatic carbocycles. The maximum Gasteiger partial charge on any atom is 0.472 e. The SMILES string of the molecule is CCCCCCCCCCCCCCCCCCCCCC(=O)OC[C@H](COP(=O)(O)OC[C@@H](O)COP(=O)(O)OC[C@@H](COC(=O)CCCCCCCCCCC(C)CC)OC(=O)CCCCCCCCCCC(C)CC)OC(=O)CCCCCCCCCCCCCCCCCCCCC(C)C. The largest absolute Gasteiger partial charge is 0.472 e. The van der Waals surface area contributed by atoms with Crippen LogP contribution in [0.15, 0.2) is 0 Å². The molecule has 618 valence electrons. The molecule has 7 atom stereocenters. The van der Waals surface area contributed by atoms with Crippen molar-refractivity contribution < 1.29 is 80.2 Å². The van der Waals surface area contributed by atoms with Crippen molar-refractivity contribution in [2.45, 2.75) is 465 Å². The van der Waals surface area contributed by atoms with Crippen molar-refractivity contribution in [1.29, 1.82) is 0 Å². The fraction of sp³-hybridized carbons (Fsp3) is 0.953. The number of carbonyl (C=O) groups excluding carboxylic acids is 4. The number of phosphoric ester groups is 2. The Labute approximate surface area is 638 Å². The third kappa shape index (κ3) is 75.5. The summed E-state index contributed by atoms with van der Waals surface area (Å²) in [5.74, 6) is 0.259. The second-order valence-corrected chi connectivity index (χ2v) is 34.4. The first kappa shape index (κ1) is 102. The summed E-state index contributed by atoms with van der Waals surface area (Å²) in [6.07, 6.45) is 65.3. The first-order chi connectivity index (χ1) is 50.3. The summed E-state index contributed by atoms with van der Waals surface area (Å²) in [7, 11) is -9.93. The normalized spacial score (nSPS) is 14.4. The molecule has 3 N–H and O–H groups in total. The van der Waals surface area contributed by atoms with Crippen LogP contribution in [-0.4, -0.2) is 96.7 Å². The standard InChI is InChI=1S/C85H166O17P2/c1-8-11-12-13-14-15-16-17-18-19-20-24-27-30-33-36-45-52-59-66-82(87)95-72-80(101-84(89)68-61-54-47-37-34-31-28-25-22-21-23-26-29-32-35-42-49-56-63-76(4)5)74-99-103(91,92)97-70-79(86)71-98-104(93,94)100-75-81(102-85(90)69-62-55-48-41-39-44-51-58-65-78(7)10-3)73-96-83(88)67-60-53-46-40-38-43-50-57-64-77(6)9-2/h76-81,86H,8-75H2,1-7H3,(H,91,92)(H,93,94)/t77?,78?,79-,80-,81-/m1/s1. The van der Waals surface area contributed by atoms with Gasteiger partial charge in [0.15, 0.2) is 12.2 Å². The van der Waals surface area contributed by atoms with Crippen LogP contribution in [0.5, 0.6) is 0 Å². The highest BCUT2D eigenvalue weighted by molar-refractivity contribution is 7.47. The van der Waals surface area contributed by atoms with Crippen LogP contribution in [0.3, 0.4) is 0 Å². The van der Waals surface area contributed by atoms with Gasteiger partial charge in [0.05, 0.1) is 26.4 Å². The highest BCUT2D eigenvalue weighted by Crippen LogP contribution is 2.45. The lowest BCUT2D eigenvalue weighted by Crippen LogP contribution is -2.30. The van der Waals surface area contributed by atoms with Gasteiger partial charge in [-0.2, -0.15) is 0 Å². The fourth-order valence-electron chi connectivity index (χ4n) is 13.1. The minimum atomic E-state index is -4.97. The minimum absolute atomic E-state index is 0.105. The van der Waals surface area contributed by atoms with Gasteiger partial charge in [-0.25, -0.2) is 9.13 Å². The van der Waals surface area contributed by atoms with Crippen LogP contribution in [0, 0.1) is 17.8 Å². The number of ether oxygens (including phenoxy) is 4. The molecule has 0 bridgehead atoms. The summed E-state index contributed by atoms with van der Waals surface area (Å²) >= 11 is 0. The van der Waals surface area contributed by atoms with Crippen molar-refractivity contribution in [2.75, 3.05) is 39.6 Å². The number of hydrogen-bond acceptors (Lipinski definition) is 15. The first-order valence-corrected chi connectivity index (χ1v) is 46.9. The zero-order valence-corrected chi connectivity index (χ0v) is 70.3. The molecule has 0 aromatic heterocycles. The molecule has 0 rings (SSSR count). The molecular formula is C85H166O17P2. The molecular weight excluding hydrogens is 1350 g/mol. The lowest BCUT2D eigenvalue weighted by Gasteiger charge is -2.21. The second-order valence-electron chi connectivity index (χ2n) is 31.5. The molecule has 0 saturated heterocycles. The van der Waals surface area contributed by atoms with Crippen LogP contribution < -0.4 is 0 Å². The van der Waals surface area contributed by atoms with Crippen LogP contribution in [0.25, 0.3) is 0 Å². The summed E-state index contributed by atoms with van der Waals surface area (Å²) in [5, 5.41) is 10.7. The molecule has 17 nitrogen and oxygen atoms in total. The van der Waals surface area contributed by atoms with Gasteiger partial charge in [-0.1, -0.05) is 395 Å². The summed E-state index contributed by atoms with van der Waals surface area (Å²) in [6.45, 7) is 12.0. The first-order valence-electron chi connectivity index (χ1n) is 43.9. The Morgan fingerprint density at radius 1 is 0.279 bits per heavy atom. The third-order valence-electron chi connectivity index (χ3n) is 20.6. The van der Waals surface area contributed by atoms with Gasteiger partial charge in [0.1, 0.15) is 19.3 Å². The Kier molecular flexibility index (Phi) is 73.7. The number of hydrogen-bond donors (Lipinski definition) is 3. The van der Waals surface area contributed by atoms with E-state index in [1.165, 1.54) is 257 Å². The van der Waals surface area contributed by atoms with Crippen molar-refractivity contribution in [1.82, 2.24) is 0 Å². The van der Waals surface area contributed by atoms with Crippen molar-refractivity contribution in [3.8, 4) is 0 Å². The van der Waals surface area contributed by atoms with Gasteiger partial charge in [0.25, 0.3) is 0 Å². The van der Waals surface area contributed by atoms with E-state index in [-0.39, 0.29) is 25.7 Å². The molecule has 0 heterocycles. The van der Waals surface area contributed by atoms with Gasteiger partial charge in [0, 0.05) is 25.7 Å². The summed E-state index contributed by atoms with van der Waals surface area (Å²) in [6, 6.07) is 0. The quantitative estimate of drug-likeness (QED) is 0.0222. The molecule has 104 heavy (non-hydrogen) atoms. The van der Waals surface area contributed by atoms with Crippen LogP contribution in [0.1, 0.15) is 447 Å². The van der Waals surface area contributed by atoms with Crippen molar-refractivity contribution in [3.05, 3.63) is 0 Å². The average Bonchev–Trinajstić information content (AvgIpc) is 0.909. The third-order valence-corrected chi connectivity index (χ3v) is 22.5. The zero-order valence-electron chi connectivity index (χ0n) is 68.5. The molecule has 0 aliphatic carbocycles. The number of carbonyl (C=O) groups is 4. The van der Waals surface area contributed by atoms with Gasteiger partial charge in [-0.15, -0.1) is 0 Å². The molecule has 0 aliphatic rings. The van der Waals surface area contributed by atoms with E-state index >= 15 is 0 Å². The molecule has 0 saturated carbocycles. The highest BCUT2D eigenvalue weighted by Gasteiger charge is 2.30. The summed E-state index contributed by atoms with van der Waals surface area (Å²) < 4.78 is 68.8. The Balaban J connectivity index is 5.24. The van der Waals surface area contributed by atoms with E-state index in [0.717, 1.165) is 108 Å². The summed E-state index contributed by atoms with van der Waals surface area (Å²) in [5.41, 5.74) is 0. The van der Waals surface area contributed by atoms with Gasteiger partial charge in [-0.3, -0.25) is 37.3 Å². The number of phosphoric acid groups is 2. The maximum atomic E-state index is 13.1. The molecule has 0 radical (unpaired) electrons. The lowest BCUT2D eigenvalue weighted by molar-refractivity contribution is -0.161. The van der Waals surface area contributed by atoms with Crippen LogP contribution in [-0.2, 0) is 65.4 Å². The van der Waals surface area contributed by atoms with Crippen molar-refractivity contribution in [2.24, 2.45) is 17.8 Å². The van der Waals surface area contributed by atoms with E-state index in [1.807, 2.05) is 0 Å². The van der Waals surface area contributed by atoms with Crippen molar-refractivity contribution in [3.63, 3.8) is 0 Å². The van der Waals surface area contributed by atoms with Crippen LogP contribution >= 0.6 is 15.6 Å². The van der Waals surface area contributed by atoms with Gasteiger partial charge in [0.2, 0.25) is 0 Å². The number of unbranched alkanes of at least 4 members (excludes halogenated alkanes) is 49. The Hall–Kier alpha value is -1.94. The van der Waals surface area contributed by atoms with Gasteiger partial charge < -0.3 is 33.8 Å². The van der Waals surface area contributed by atoms with E-state index in [2.05, 4.69) is 48.5 Å². The lowest BCUT2D eigenvalue weighted by atomic mass is 9.99. The number of aliphatic hydroxyl groups excluding tert-OH is 1. The van der Waals surface area contributed by atoms with Gasteiger partial charge >= 0.3 is 39.5 Å². The molecule has 0 amide bonds. The highest BCUT2D eigenvalue weighted by atomic mass is 31.2. The Bertz CT molecular complexity index is 2010. The predicted octanol–water partition coefficient (Wildman–Crippen LogP) is 25.7. The summed E-state index contributed by atoms with van der Waals surface area (Å²) in [4.78, 5) is 73.2. The predicted molar refractivity (Wildman–Crippen MR) is 428 cm³/mol. The molecule has 0 aromatic rings.